The number of hydrogen-bond acceptors (Lipinski definition) is 3. The van der Waals surface area contributed by atoms with Crippen molar-refractivity contribution in [3.63, 3.8) is 0 Å². The molecule has 0 amide bonds. The molecule has 19 heavy (non-hydrogen) atoms. The average molecular weight is 432 g/mol. The Morgan fingerprint density at radius 3 is 2.63 bits per heavy atom. The average Bonchev–Trinajstić information content (AvgIpc) is 2.42. The van der Waals surface area contributed by atoms with E-state index in [2.05, 4.69) is 85.9 Å². The molecule has 0 aliphatic rings. The molecule has 0 fully saturated rings. The molecule has 0 spiro atoms. The largest absolute Gasteiger partial charge is 0.372 e. The molecule has 5 heteroatoms. The smallest absolute Gasteiger partial charge is 0.161 e. The summed E-state index contributed by atoms with van der Waals surface area (Å²) >= 11 is 5.85. The van der Waals surface area contributed by atoms with Crippen molar-refractivity contribution >= 4 is 44.3 Å². The Bertz CT molecular complexity index is 589. The quantitative estimate of drug-likeness (QED) is 0.730. The molecule has 3 nitrogen and oxygen atoms in total. The van der Waals surface area contributed by atoms with Gasteiger partial charge in [-0.25, -0.2) is 9.97 Å². The fourth-order valence-electron chi connectivity index (χ4n) is 1.75. The van der Waals surface area contributed by atoms with Gasteiger partial charge in [0, 0.05) is 17.1 Å². The lowest BCUT2D eigenvalue weighted by atomic mass is 10.1. The normalized spacial score (nSPS) is 10.6. The number of rotatable bonds is 3. The van der Waals surface area contributed by atoms with Gasteiger partial charge in [-0.2, -0.15) is 0 Å². The molecule has 100 valence electrons. The zero-order chi connectivity index (χ0) is 14.0. The van der Waals surface area contributed by atoms with Gasteiger partial charge in [-0.1, -0.05) is 35.0 Å². The highest BCUT2D eigenvalue weighted by atomic mass is 127. The van der Waals surface area contributed by atoms with Gasteiger partial charge in [0.15, 0.2) is 5.82 Å². The molecule has 0 unspecified atom stereocenters. The molecule has 0 saturated carbocycles. The Balaban J connectivity index is 2.58. The lowest BCUT2D eigenvalue weighted by molar-refractivity contribution is 0.989. The summed E-state index contributed by atoms with van der Waals surface area (Å²) in [6, 6.07) is 6.20. The second-order valence-corrected chi connectivity index (χ2v) is 6.16. The lowest BCUT2D eigenvalue weighted by Crippen LogP contribution is -2.04. The third kappa shape index (κ3) is 3.08. The van der Waals surface area contributed by atoms with Crippen molar-refractivity contribution in [2.45, 2.75) is 20.3 Å². The van der Waals surface area contributed by atoms with Crippen LogP contribution in [0.5, 0.6) is 0 Å². The van der Waals surface area contributed by atoms with Gasteiger partial charge in [0.1, 0.15) is 5.82 Å². The summed E-state index contributed by atoms with van der Waals surface area (Å²) < 4.78 is 2.17. The molecule has 0 aliphatic heterocycles. The van der Waals surface area contributed by atoms with E-state index in [0.29, 0.717) is 0 Å². The van der Waals surface area contributed by atoms with E-state index in [0.717, 1.165) is 37.4 Å². The zero-order valence-corrected chi connectivity index (χ0v) is 14.8. The number of nitrogens with one attached hydrogen (secondary N) is 1. The van der Waals surface area contributed by atoms with Crippen LogP contribution in [0.4, 0.5) is 5.82 Å². The number of aromatic nitrogens is 2. The first-order valence-electron chi connectivity index (χ1n) is 6.07. The maximum Gasteiger partial charge on any atom is 0.161 e. The van der Waals surface area contributed by atoms with Gasteiger partial charge in [-0.15, -0.1) is 0 Å². The Hall–Kier alpha value is -0.690. The van der Waals surface area contributed by atoms with E-state index in [9.17, 15) is 0 Å². The summed E-state index contributed by atoms with van der Waals surface area (Å²) in [5, 5.41) is 3.14. The molecule has 0 bridgehead atoms. The van der Waals surface area contributed by atoms with Crippen LogP contribution in [0.1, 0.15) is 18.2 Å². The number of nitrogens with zero attached hydrogens (tertiary/aromatic N) is 2. The molecule has 0 aliphatic carbocycles. The number of halogens is 2. The van der Waals surface area contributed by atoms with E-state index in [1.54, 1.807) is 0 Å². The first-order chi connectivity index (χ1) is 9.06. The molecule has 2 rings (SSSR count). The van der Waals surface area contributed by atoms with Crippen LogP contribution < -0.4 is 5.32 Å². The van der Waals surface area contributed by atoms with Crippen molar-refractivity contribution in [3.05, 3.63) is 37.5 Å². The Kier molecular flexibility index (Phi) is 4.78. The first-order valence-corrected chi connectivity index (χ1v) is 7.94. The van der Waals surface area contributed by atoms with Gasteiger partial charge in [0.05, 0.1) is 9.26 Å². The summed E-state index contributed by atoms with van der Waals surface area (Å²) in [6.07, 6.45) is 0.898. The first kappa shape index (κ1) is 14.7. The van der Waals surface area contributed by atoms with E-state index >= 15 is 0 Å². The number of benzene rings is 1. The van der Waals surface area contributed by atoms with Gasteiger partial charge in [-0.05, 0) is 47.6 Å². The third-order valence-corrected chi connectivity index (χ3v) is 4.91. The van der Waals surface area contributed by atoms with Gasteiger partial charge in [0.2, 0.25) is 0 Å². The summed E-state index contributed by atoms with van der Waals surface area (Å²) in [5.41, 5.74) is 3.31. The molecule has 1 heterocycles. The molecule has 0 atom stereocenters. The van der Waals surface area contributed by atoms with Gasteiger partial charge < -0.3 is 5.32 Å². The predicted molar refractivity (Wildman–Crippen MR) is 91.5 cm³/mol. The van der Waals surface area contributed by atoms with Crippen molar-refractivity contribution in [2.24, 2.45) is 0 Å². The minimum atomic E-state index is 0.766. The Morgan fingerprint density at radius 2 is 2.05 bits per heavy atom. The second-order valence-electron chi connectivity index (χ2n) is 4.22. The van der Waals surface area contributed by atoms with Crippen molar-refractivity contribution in [2.75, 3.05) is 12.4 Å². The van der Waals surface area contributed by atoms with Crippen molar-refractivity contribution in [3.8, 4) is 11.4 Å². The highest BCUT2D eigenvalue weighted by molar-refractivity contribution is 14.1. The molecule has 1 aromatic carbocycles. The van der Waals surface area contributed by atoms with Crippen LogP contribution in [0.2, 0.25) is 0 Å². The van der Waals surface area contributed by atoms with Crippen LogP contribution in [0.3, 0.4) is 0 Å². The minimum absolute atomic E-state index is 0.766. The van der Waals surface area contributed by atoms with E-state index in [-0.39, 0.29) is 0 Å². The summed E-state index contributed by atoms with van der Waals surface area (Å²) in [6.45, 7) is 4.18. The Morgan fingerprint density at radius 1 is 1.32 bits per heavy atom. The van der Waals surface area contributed by atoms with E-state index in [1.165, 1.54) is 5.56 Å². The van der Waals surface area contributed by atoms with Crippen LogP contribution in [0, 0.1) is 10.5 Å². The highest BCUT2D eigenvalue weighted by Crippen LogP contribution is 2.27. The minimum Gasteiger partial charge on any atom is -0.372 e. The number of aryl methyl sites for hydroxylation is 2. The molecular formula is C14H15BrIN3. The summed E-state index contributed by atoms with van der Waals surface area (Å²) in [7, 11) is 1.89. The van der Waals surface area contributed by atoms with Crippen LogP contribution in [-0.4, -0.2) is 17.0 Å². The topological polar surface area (TPSA) is 37.8 Å². The summed E-state index contributed by atoms with van der Waals surface area (Å²) in [4.78, 5) is 9.25. The van der Waals surface area contributed by atoms with Crippen molar-refractivity contribution in [1.29, 1.82) is 0 Å². The van der Waals surface area contributed by atoms with Gasteiger partial charge >= 0.3 is 0 Å². The predicted octanol–water partition coefficient (Wildman–Crippen LogP) is 4.42. The van der Waals surface area contributed by atoms with E-state index in [1.807, 2.05) is 7.05 Å². The number of anilines is 1. The molecular weight excluding hydrogens is 417 g/mol. The maximum atomic E-state index is 4.66. The van der Waals surface area contributed by atoms with E-state index in [4.69, 9.17) is 0 Å². The fraction of sp³-hybridized carbons (Fsp3) is 0.286. The van der Waals surface area contributed by atoms with E-state index < -0.39 is 0 Å². The van der Waals surface area contributed by atoms with Gasteiger partial charge in [0.25, 0.3) is 0 Å². The fourth-order valence-corrected chi connectivity index (χ4v) is 3.03. The molecule has 0 saturated heterocycles. The highest BCUT2D eigenvalue weighted by Gasteiger charge is 2.12. The third-order valence-electron chi connectivity index (χ3n) is 2.92. The lowest BCUT2D eigenvalue weighted by Gasteiger charge is -2.10. The number of hydrogen-bond donors (Lipinski definition) is 1. The zero-order valence-electron chi connectivity index (χ0n) is 11.1. The van der Waals surface area contributed by atoms with Crippen LogP contribution >= 0.6 is 38.5 Å². The maximum absolute atomic E-state index is 4.66. The van der Waals surface area contributed by atoms with Crippen molar-refractivity contribution in [1.82, 2.24) is 9.97 Å². The molecule has 1 aromatic heterocycles. The SMILES string of the molecule is CCc1nc(-c2ccc(C)c(Br)c2)nc(NC)c1I. The van der Waals surface area contributed by atoms with Crippen molar-refractivity contribution < 1.29 is 0 Å². The van der Waals surface area contributed by atoms with Crippen LogP contribution in [0.15, 0.2) is 22.7 Å². The molecule has 2 aromatic rings. The summed E-state index contributed by atoms with van der Waals surface area (Å²) in [5.74, 6) is 1.65. The molecule has 0 radical (unpaired) electrons. The molecule has 1 N–H and O–H groups in total. The Labute approximate surface area is 135 Å². The van der Waals surface area contributed by atoms with Crippen LogP contribution in [-0.2, 0) is 6.42 Å². The van der Waals surface area contributed by atoms with Crippen LogP contribution in [0.25, 0.3) is 11.4 Å². The monoisotopic (exact) mass is 431 g/mol. The standard InChI is InChI=1S/C14H15BrIN3/c1-4-11-12(16)14(17-3)19-13(18-11)9-6-5-8(2)10(15)7-9/h5-7H,4H2,1-3H3,(H,17,18,19). The van der Waals surface area contributed by atoms with Gasteiger partial charge in [-0.3, -0.25) is 0 Å². The second kappa shape index (κ2) is 6.17.